The number of likely N-dealkylation sites (N-methyl/N-ethyl adjacent to an activating group) is 1. The molecule has 2 rings (SSSR count). The summed E-state index contributed by atoms with van der Waals surface area (Å²) in [5.74, 6) is -0.732. The van der Waals surface area contributed by atoms with Gasteiger partial charge in [0.2, 0.25) is 15.9 Å². The summed E-state index contributed by atoms with van der Waals surface area (Å²) in [6.45, 7) is 4.84. The van der Waals surface area contributed by atoms with Gasteiger partial charge < -0.3 is 19.9 Å². The number of carbonyl (C=O) groups is 2. The van der Waals surface area contributed by atoms with E-state index < -0.39 is 28.2 Å². The molecule has 1 N–H and O–H groups in total. The van der Waals surface area contributed by atoms with Gasteiger partial charge in [0.15, 0.2) is 0 Å². The molecule has 1 fully saturated rings. The van der Waals surface area contributed by atoms with E-state index in [1.807, 2.05) is 13.8 Å². The van der Waals surface area contributed by atoms with Crippen molar-refractivity contribution in [2.24, 2.45) is 0 Å². The lowest BCUT2D eigenvalue weighted by Gasteiger charge is -2.34. The fourth-order valence-electron chi connectivity index (χ4n) is 3.05. The SMILES string of the molecule is CCN(CC)C(=O)CNC(=O)N1CCN(S(=O)(=O)c2ccc(OC(F)(F)F)cc2)CC1. The van der Waals surface area contributed by atoms with Gasteiger partial charge in [-0.3, -0.25) is 4.79 Å². The van der Waals surface area contributed by atoms with Crippen LogP contribution in [0.4, 0.5) is 18.0 Å². The quantitative estimate of drug-likeness (QED) is 0.656. The van der Waals surface area contributed by atoms with Crippen LogP contribution in [0.2, 0.25) is 0 Å². The van der Waals surface area contributed by atoms with E-state index in [4.69, 9.17) is 0 Å². The van der Waals surface area contributed by atoms with E-state index in [2.05, 4.69) is 10.1 Å². The van der Waals surface area contributed by atoms with Crippen molar-refractivity contribution in [2.75, 3.05) is 45.8 Å². The highest BCUT2D eigenvalue weighted by atomic mass is 32.2. The Kier molecular flexibility index (Phi) is 8.12. The number of carbonyl (C=O) groups excluding carboxylic acids is 2. The number of alkyl halides is 3. The minimum atomic E-state index is -4.87. The summed E-state index contributed by atoms with van der Waals surface area (Å²) in [5, 5.41) is 2.53. The van der Waals surface area contributed by atoms with Gasteiger partial charge in [0.1, 0.15) is 5.75 Å². The fraction of sp³-hybridized carbons (Fsp3) is 0.556. The Hall–Kier alpha value is -2.54. The second-order valence-electron chi connectivity index (χ2n) is 6.64. The van der Waals surface area contributed by atoms with Gasteiger partial charge in [0.25, 0.3) is 0 Å². The molecule has 1 aliphatic rings. The monoisotopic (exact) mass is 466 g/mol. The number of ether oxygens (including phenoxy) is 1. The Morgan fingerprint density at radius 1 is 1.06 bits per heavy atom. The first kappa shape index (κ1) is 24.7. The van der Waals surface area contributed by atoms with Crippen LogP contribution < -0.4 is 10.1 Å². The zero-order chi connectivity index (χ0) is 23.2. The van der Waals surface area contributed by atoms with Crippen LogP contribution in [0.3, 0.4) is 0 Å². The maximum atomic E-state index is 12.7. The number of piperazine rings is 1. The van der Waals surface area contributed by atoms with Gasteiger partial charge in [-0.1, -0.05) is 0 Å². The molecule has 31 heavy (non-hydrogen) atoms. The van der Waals surface area contributed by atoms with Crippen LogP contribution in [0, 0.1) is 0 Å². The highest BCUT2D eigenvalue weighted by Crippen LogP contribution is 2.25. The normalized spacial score (nSPS) is 15.5. The van der Waals surface area contributed by atoms with Crippen molar-refractivity contribution in [3.63, 3.8) is 0 Å². The predicted molar refractivity (Wildman–Crippen MR) is 105 cm³/mol. The number of benzene rings is 1. The van der Waals surface area contributed by atoms with Gasteiger partial charge in [0, 0.05) is 39.3 Å². The number of halogens is 3. The van der Waals surface area contributed by atoms with E-state index in [1.54, 1.807) is 4.90 Å². The number of rotatable bonds is 7. The molecule has 0 aromatic heterocycles. The molecule has 13 heteroatoms. The summed E-state index contributed by atoms with van der Waals surface area (Å²) in [6.07, 6.45) is -4.87. The van der Waals surface area contributed by atoms with Crippen molar-refractivity contribution in [1.29, 1.82) is 0 Å². The zero-order valence-corrected chi connectivity index (χ0v) is 18.0. The highest BCUT2D eigenvalue weighted by molar-refractivity contribution is 7.89. The molecule has 0 radical (unpaired) electrons. The van der Waals surface area contributed by atoms with E-state index in [9.17, 15) is 31.2 Å². The minimum Gasteiger partial charge on any atom is -0.406 e. The summed E-state index contributed by atoms with van der Waals surface area (Å²) in [4.78, 5) is 27.0. The molecule has 3 amide bonds. The summed E-state index contributed by atoms with van der Waals surface area (Å²) >= 11 is 0. The lowest BCUT2D eigenvalue weighted by atomic mass is 10.3. The molecule has 0 bridgehead atoms. The van der Waals surface area contributed by atoms with Gasteiger partial charge in [-0.05, 0) is 38.1 Å². The molecule has 1 aromatic carbocycles. The Labute approximate surface area is 178 Å². The minimum absolute atomic E-state index is 0.0144. The molecule has 1 aromatic rings. The molecule has 0 saturated carbocycles. The highest BCUT2D eigenvalue weighted by Gasteiger charge is 2.32. The van der Waals surface area contributed by atoms with Crippen LogP contribution in [0.1, 0.15) is 13.8 Å². The molecule has 1 heterocycles. The Bertz CT molecular complexity index is 865. The topological polar surface area (TPSA) is 99.3 Å². The summed E-state index contributed by atoms with van der Waals surface area (Å²) in [5.41, 5.74) is 0. The maximum Gasteiger partial charge on any atom is 0.573 e. The molecular weight excluding hydrogens is 441 g/mol. The maximum absolute atomic E-state index is 12.7. The first-order valence-corrected chi connectivity index (χ1v) is 11.1. The van der Waals surface area contributed by atoms with Crippen LogP contribution in [-0.2, 0) is 14.8 Å². The van der Waals surface area contributed by atoms with E-state index in [0.717, 1.165) is 28.6 Å². The molecular formula is C18H25F3N4O5S. The lowest BCUT2D eigenvalue weighted by molar-refractivity contribution is -0.274. The number of urea groups is 1. The van der Waals surface area contributed by atoms with E-state index in [1.165, 1.54) is 4.90 Å². The molecule has 0 spiro atoms. The summed E-state index contributed by atoms with van der Waals surface area (Å²) < 4.78 is 67.0. The number of hydrogen-bond donors (Lipinski definition) is 1. The van der Waals surface area contributed by atoms with Gasteiger partial charge in [0.05, 0.1) is 11.4 Å². The largest absolute Gasteiger partial charge is 0.573 e. The van der Waals surface area contributed by atoms with Gasteiger partial charge in [-0.2, -0.15) is 4.31 Å². The second kappa shape index (κ2) is 10.2. The average Bonchev–Trinajstić information content (AvgIpc) is 2.72. The number of nitrogens with one attached hydrogen (secondary N) is 1. The molecule has 9 nitrogen and oxygen atoms in total. The van der Waals surface area contributed by atoms with Crippen molar-refractivity contribution in [3.8, 4) is 5.75 Å². The van der Waals surface area contributed by atoms with E-state index in [0.29, 0.717) is 13.1 Å². The standard InChI is InChI=1S/C18H25F3N4O5S/c1-3-23(4-2)16(26)13-22-17(27)24-9-11-25(12-10-24)31(28,29)15-7-5-14(6-8-15)30-18(19,20)21/h5-8H,3-4,9-13H2,1-2H3,(H,22,27). The molecule has 174 valence electrons. The number of amides is 3. The van der Waals surface area contributed by atoms with Crippen LogP contribution >= 0.6 is 0 Å². The first-order valence-electron chi connectivity index (χ1n) is 9.64. The summed E-state index contributed by atoms with van der Waals surface area (Å²) in [6, 6.07) is 3.46. The Morgan fingerprint density at radius 3 is 2.10 bits per heavy atom. The van der Waals surface area contributed by atoms with Crippen LogP contribution in [0.5, 0.6) is 5.75 Å². The Balaban J connectivity index is 1.91. The summed E-state index contributed by atoms with van der Waals surface area (Å²) in [7, 11) is -3.94. The third-order valence-corrected chi connectivity index (χ3v) is 6.64. The van der Waals surface area contributed by atoms with E-state index >= 15 is 0 Å². The third-order valence-electron chi connectivity index (χ3n) is 4.73. The van der Waals surface area contributed by atoms with Gasteiger partial charge in [-0.15, -0.1) is 13.2 Å². The molecule has 0 aliphatic carbocycles. The number of sulfonamides is 1. The number of hydrogen-bond acceptors (Lipinski definition) is 5. The smallest absolute Gasteiger partial charge is 0.406 e. The van der Waals surface area contributed by atoms with Crippen molar-refractivity contribution in [2.45, 2.75) is 25.1 Å². The van der Waals surface area contributed by atoms with Crippen molar-refractivity contribution in [3.05, 3.63) is 24.3 Å². The van der Waals surface area contributed by atoms with Crippen LogP contribution in [0.25, 0.3) is 0 Å². The fourth-order valence-corrected chi connectivity index (χ4v) is 4.47. The second-order valence-corrected chi connectivity index (χ2v) is 8.57. The average molecular weight is 466 g/mol. The predicted octanol–water partition coefficient (Wildman–Crippen LogP) is 1.47. The van der Waals surface area contributed by atoms with Gasteiger partial charge in [-0.25, -0.2) is 13.2 Å². The van der Waals surface area contributed by atoms with Crippen LogP contribution in [0.15, 0.2) is 29.2 Å². The van der Waals surface area contributed by atoms with Crippen molar-refractivity contribution >= 4 is 22.0 Å². The molecule has 0 unspecified atom stereocenters. The van der Waals surface area contributed by atoms with Gasteiger partial charge >= 0.3 is 12.4 Å². The molecule has 1 aliphatic heterocycles. The van der Waals surface area contributed by atoms with E-state index in [-0.39, 0.29) is 43.5 Å². The third kappa shape index (κ3) is 6.72. The Morgan fingerprint density at radius 2 is 1.61 bits per heavy atom. The van der Waals surface area contributed by atoms with Crippen LogP contribution in [-0.4, -0.2) is 86.6 Å². The number of nitrogens with zero attached hydrogens (tertiary/aromatic N) is 3. The zero-order valence-electron chi connectivity index (χ0n) is 17.2. The lowest BCUT2D eigenvalue weighted by Crippen LogP contribution is -2.54. The molecule has 0 atom stereocenters. The first-order chi connectivity index (χ1) is 14.5. The molecule has 1 saturated heterocycles. The van der Waals surface area contributed by atoms with Crippen molar-refractivity contribution in [1.82, 2.24) is 19.4 Å². The van der Waals surface area contributed by atoms with Crippen molar-refractivity contribution < 1.29 is 35.9 Å².